The van der Waals surface area contributed by atoms with E-state index in [1.807, 2.05) is 13.8 Å². The minimum atomic E-state index is -3.70. The number of hydrogen-bond acceptors (Lipinski definition) is 4. The van der Waals surface area contributed by atoms with E-state index in [9.17, 15) is 8.42 Å². The molecule has 0 saturated carbocycles. The molecule has 0 fully saturated rings. The molecule has 0 atom stereocenters. The molecule has 108 valence electrons. The van der Waals surface area contributed by atoms with Gasteiger partial charge in [-0.05, 0) is 38.5 Å². The highest BCUT2D eigenvalue weighted by molar-refractivity contribution is 7.92. The van der Waals surface area contributed by atoms with Crippen molar-refractivity contribution in [1.82, 2.24) is 9.55 Å². The molecule has 6 nitrogen and oxygen atoms in total. The third-order valence-electron chi connectivity index (χ3n) is 3.08. The Labute approximate surface area is 118 Å². The molecular formula is C13H18N4O2S. The zero-order valence-electron chi connectivity index (χ0n) is 11.7. The van der Waals surface area contributed by atoms with E-state index >= 15 is 0 Å². The summed E-state index contributed by atoms with van der Waals surface area (Å²) in [7, 11) is -3.70. The minimum Gasteiger partial charge on any atom is -0.399 e. The van der Waals surface area contributed by atoms with Crippen LogP contribution >= 0.6 is 0 Å². The van der Waals surface area contributed by atoms with Gasteiger partial charge in [0.25, 0.3) is 10.0 Å². The molecule has 20 heavy (non-hydrogen) atoms. The first-order valence-electron chi connectivity index (χ1n) is 6.26. The third kappa shape index (κ3) is 2.77. The van der Waals surface area contributed by atoms with Crippen LogP contribution in [0.4, 0.5) is 11.4 Å². The summed E-state index contributed by atoms with van der Waals surface area (Å²) < 4.78 is 28.9. The predicted molar refractivity (Wildman–Crippen MR) is 79.0 cm³/mol. The van der Waals surface area contributed by atoms with Crippen LogP contribution in [0.3, 0.4) is 0 Å². The van der Waals surface area contributed by atoms with Crippen LogP contribution in [0.15, 0.2) is 29.4 Å². The molecule has 3 N–H and O–H groups in total. The van der Waals surface area contributed by atoms with Gasteiger partial charge in [-0.25, -0.2) is 4.98 Å². The zero-order valence-corrected chi connectivity index (χ0v) is 12.5. The van der Waals surface area contributed by atoms with E-state index in [4.69, 9.17) is 5.73 Å². The molecule has 0 saturated heterocycles. The van der Waals surface area contributed by atoms with Gasteiger partial charge in [0.2, 0.25) is 0 Å². The fourth-order valence-corrected chi connectivity index (χ4v) is 3.01. The number of nitrogens with one attached hydrogen (secondary N) is 1. The number of rotatable bonds is 4. The molecule has 0 spiro atoms. The van der Waals surface area contributed by atoms with Crippen LogP contribution in [0.2, 0.25) is 0 Å². The van der Waals surface area contributed by atoms with Crippen molar-refractivity contribution in [2.75, 3.05) is 10.5 Å². The van der Waals surface area contributed by atoms with Crippen LogP contribution < -0.4 is 10.5 Å². The molecule has 0 radical (unpaired) electrons. The number of nitrogen functional groups attached to an aromatic ring is 1. The molecule has 2 rings (SSSR count). The highest BCUT2D eigenvalue weighted by atomic mass is 32.2. The van der Waals surface area contributed by atoms with Gasteiger partial charge in [0.05, 0.1) is 5.69 Å². The maximum absolute atomic E-state index is 12.3. The highest BCUT2D eigenvalue weighted by Gasteiger charge is 2.19. The van der Waals surface area contributed by atoms with Gasteiger partial charge in [-0.15, -0.1) is 0 Å². The number of aryl methyl sites for hydroxylation is 3. The quantitative estimate of drug-likeness (QED) is 0.843. The van der Waals surface area contributed by atoms with Crippen molar-refractivity contribution < 1.29 is 8.42 Å². The second-order valence-electron chi connectivity index (χ2n) is 4.59. The summed E-state index contributed by atoms with van der Waals surface area (Å²) in [5, 5.41) is 0.0127. The first-order chi connectivity index (χ1) is 9.33. The molecule has 2 aromatic rings. The van der Waals surface area contributed by atoms with Gasteiger partial charge >= 0.3 is 0 Å². The second-order valence-corrected chi connectivity index (χ2v) is 6.22. The monoisotopic (exact) mass is 294 g/mol. The average Bonchev–Trinajstić information content (AvgIpc) is 2.76. The van der Waals surface area contributed by atoms with E-state index in [2.05, 4.69) is 9.71 Å². The van der Waals surface area contributed by atoms with E-state index in [0.29, 0.717) is 23.7 Å². The number of benzene rings is 1. The summed E-state index contributed by atoms with van der Waals surface area (Å²) in [6, 6.07) is 5.09. The lowest BCUT2D eigenvalue weighted by Crippen LogP contribution is -2.14. The molecular weight excluding hydrogens is 276 g/mol. The first kappa shape index (κ1) is 14.4. The SMILES string of the molecule is CCn1cc(S(=O)(=O)Nc2cc(N)ccc2C)nc1C. The summed E-state index contributed by atoms with van der Waals surface area (Å²) in [5.74, 6) is 0.664. The van der Waals surface area contributed by atoms with Gasteiger partial charge in [0.15, 0.2) is 5.03 Å². The fourth-order valence-electron chi connectivity index (χ4n) is 1.88. The van der Waals surface area contributed by atoms with Gasteiger partial charge in [-0.3, -0.25) is 4.72 Å². The molecule has 0 aliphatic carbocycles. The van der Waals surface area contributed by atoms with Crippen LogP contribution in [0.25, 0.3) is 0 Å². The molecule has 0 amide bonds. The molecule has 7 heteroatoms. The van der Waals surface area contributed by atoms with Crippen molar-refractivity contribution in [3.05, 3.63) is 35.8 Å². The van der Waals surface area contributed by atoms with Crippen LogP contribution in [0.5, 0.6) is 0 Å². The molecule has 1 heterocycles. The summed E-state index contributed by atoms with van der Waals surface area (Å²) in [6.45, 7) is 6.19. The highest BCUT2D eigenvalue weighted by Crippen LogP contribution is 2.21. The van der Waals surface area contributed by atoms with Gasteiger partial charge in [0.1, 0.15) is 5.82 Å². The Morgan fingerprint density at radius 1 is 1.35 bits per heavy atom. The Balaban J connectivity index is 2.37. The van der Waals surface area contributed by atoms with Gasteiger partial charge in [-0.2, -0.15) is 8.42 Å². The third-order valence-corrected chi connectivity index (χ3v) is 4.31. The van der Waals surface area contributed by atoms with Crippen molar-refractivity contribution in [2.24, 2.45) is 0 Å². The summed E-state index contributed by atoms with van der Waals surface area (Å²) in [4.78, 5) is 4.08. The van der Waals surface area contributed by atoms with Crippen LogP contribution in [0.1, 0.15) is 18.3 Å². The van der Waals surface area contributed by atoms with Gasteiger partial charge in [0, 0.05) is 18.4 Å². The summed E-state index contributed by atoms with van der Waals surface area (Å²) >= 11 is 0. The number of imidazole rings is 1. The van der Waals surface area contributed by atoms with E-state index < -0.39 is 10.0 Å². The molecule has 0 aliphatic heterocycles. The lowest BCUT2D eigenvalue weighted by molar-refractivity contribution is 0.598. The lowest BCUT2D eigenvalue weighted by atomic mass is 10.2. The van der Waals surface area contributed by atoms with E-state index in [1.165, 1.54) is 6.20 Å². The number of hydrogen-bond donors (Lipinski definition) is 2. The lowest BCUT2D eigenvalue weighted by Gasteiger charge is -2.09. The number of sulfonamides is 1. The van der Waals surface area contributed by atoms with Crippen molar-refractivity contribution in [3.63, 3.8) is 0 Å². The maximum Gasteiger partial charge on any atom is 0.280 e. The van der Waals surface area contributed by atoms with Crippen molar-refractivity contribution in [1.29, 1.82) is 0 Å². The fraction of sp³-hybridized carbons (Fsp3) is 0.308. The van der Waals surface area contributed by atoms with Crippen molar-refractivity contribution in [3.8, 4) is 0 Å². The molecule has 1 aromatic carbocycles. The van der Waals surface area contributed by atoms with E-state index in [-0.39, 0.29) is 5.03 Å². The van der Waals surface area contributed by atoms with Crippen molar-refractivity contribution in [2.45, 2.75) is 32.3 Å². The summed E-state index contributed by atoms with van der Waals surface area (Å²) in [5.41, 5.74) is 7.45. The molecule has 1 aromatic heterocycles. The molecule has 0 unspecified atom stereocenters. The summed E-state index contributed by atoms with van der Waals surface area (Å²) in [6.07, 6.45) is 1.53. The Hall–Kier alpha value is -2.02. The van der Waals surface area contributed by atoms with E-state index in [0.717, 1.165) is 5.56 Å². The van der Waals surface area contributed by atoms with Gasteiger partial charge < -0.3 is 10.3 Å². The normalized spacial score (nSPS) is 11.6. The standard InChI is InChI=1S/C13H18N4O2S/c1-4-17-8-13(15-10(17)3)20(18,19)16-12-7-11(14)6-5-9(12)2/h5-8,16H,4,14H2,1-3H3. The maximum atomic E-state index is 12.3. The molecule has 0 bridgehead atoms. The minimum absolute atomic E-state index is 0.0127. The van der Waals surface area contributed by atoms with Crippen LogP contribution in [0, 0.1) is 13.8 Å². The largest absolute Gasteiger partial charge is 0.399 e. The topological polar surface area (TPSA) is 90.0 Å². The first-order valence-corrected chi connectivity index (χ1v) is 7.74. The van der Waals surface area contributed by atoms with Crippen LogP contribution in [-0.4, -0.2) is 18.0 Å². The number of aromatic nitrogens is 2. The Kier molecular flexibility index (Phi) is 3.71. The van der Waals surface area contributed by atoms with Crippen molar-refractivity contribution >= 4 is 21.4 Å². The van der Waals surface area contributed by atoms with E-state index in [1.54, 1.807) is 29.7 Å². The number of nitrogens with zero attached hydrogens (tertiary/aromatic N) is 2. The Morgan fingerprint density at radius 2 is 2.05 bits per heavy atom. The second kappa shape index (κ2) is 5.16. The molecule has 0 aliphatic rings. The van der Waals surface area contributed by atoms with Crippen LogP contribution in [-0.2, 0) is 16.6 Å². The zero-order chi connectivity index (χ0) is 14.9. The smallest absolute Gasteiger partial charge is 0.280 e. The number of anilines is 2. The average molecular weight is 294 g/mol. The predicted octanol–water partition coefficient (Wildman–Crippen LogP) is 1.90. The Morgan fingerprint density at radius 3 is 2.65 bits per heavy atom. The van der Waals surface area contributed by atoms with Gasteiger partial charge in [-0.1, -0.05) is 6.07 Å². The number of nitrogens with two attached hydrogens (primary N) is 1. The Bertz CT molecular complexity index is 735.